The Balaban J connectivity index is 0.00000225. The summed E-state index contributed by atoms with van der Waals surface area (Å²) >= 11 is 0. The average Bonchev–Trinajstić information content (AvgIpc) is 2.23. The zero-order chi connectivity index (χ0) is 11.7. The van der Waals surface area contributed by atoms with Gasteiger partial charge in [-0.05, 0) is 0 Å². The van der Waals surface area contributed by atoms with Gasteiger partial charge in [-0.15, -0.1) is 19.0 Å². The molecular formula is C9H7ClF5N. The summed E-state index contributed by atoms with van der Waals surface area (Å²) in [5, 5.41) is 0. The van der Waals surface area contributed by atoms with E-state index >= 15 is 0 Å². The first-order valence-corrected chi connectivity index (χ1v) is 3.81. The van der Waals surface area contributed by atoms with Crippen molar-refractivity contribution in [3.8, 4) is 0 Å². The largest absolute Gasteiger partial charge is 0.321 e. The van der Waals surface area contributed by atoms with Crippen molar-refractivity contribution in [3.63, 3.8) is 0 Å². The Hall–Kier alpha value is -1.14. The monoisotopic (exact) mass is 259 g/mol. The van der Waals surface area contributed by atoms with E-state index in [0.717, 1.165) is 6.08 Å². The number of hydrogen-bond donors (Lipinski definition) is 1. The van der Waals surface area contributed by atoms with E-state index in [9.17, 15) is 22.0 Å². The Morgan fingerprint density at radius 1 is 0.875 bits per heavy atom. The van der Waals surface area contributed by atoms with Crippen LogP contribution in [0.1, 0.15) is 11.6 Å². The van der Waals surface area contributed by atoms with Gasteiger partial charge in [0.05, 0.1) is 11.6 Å². The predicted octanol–water partition coefficient (Wildman–Crippen LogP) is 2.99. The predicted molar refractivity (Wildman–Crippen MR) is 50.6 cm³/mol. The van der Waals surface area contributed by atoms with Gasteiger partial charge in [-0.1, -0.05) is 6.08 Å². The molecule has 1 aromatic carbocycles. The molecule has 0 unspecified atom stereocenters. The van der Waals surface area contributed by atoms with Crippen LogP contribution < -0.4 is 5.73 Å². The van der Waals surface area contributed by atoms with Crippen molar-refractivity contribution in [2.24, 2.45) is 5.73 Å². The number of nitrogens with two attached hydrogens (primary N) is 1. The summed E-state index contributed by atoms with van der Waals surface area (Å²) < 4.78 is 63.9. The second-order valence-electron chi connectivity index (χ2n) is 2.75. The van der Waals surface area contributed by atoms with Gasteiger partial charge in [0.1, 0.15) is 0 Å². The highest BCUT2D eigenvalue weighted by atomic mass is 35.5. The van der Waals surface area contributed by atoms with Gasteiger partial charge in [-0.2, -0.15) is 0 Å². The molecule has 0 saturated heterocycles. The number of rotatable bonds is 2. The third-order valence-corrected chi connectivity index (χ3v) is 1.83. The maximum Gasteiger partial charge on any atom is 0.200 e. The van der Waals surface area contributed by atoms with Crippen LogP contribution in [0.3, 0.4) is 0 Å². The maximum absolute atomic E-state index is 13.0. The molecule has 1 atom stereocenters. The lowest BCUT2D eigenvalue weighted by atomic mass is 10.1. The molecule has 7 heteroatoms. The van der Waals surface area contributed by atoms with E-state index in [4.69, 9.17) is 5.73 Å². The Morgan fingerprint density at radius 2 is 1.19 bits per heavy atom. The summed E-state index contributed by atoms with van der Waals surface area (Å²) in [5.41, 5.74) is 4.05. The van der Waals surface area contributed by atoms with Crippen LogP contribution >= 0.6 is 12.4 Å². The average molecular weight is 260 g/mol. The Labute approximate surface area is 94.2 Å². The number of halogens is 6. The van der Waals surface area contributed by atoms with Crippen molar-refractivity contribution in [1.82, 2.24) is 0 Å². The van der Waals surface area contributed by atoms with Crippen LogP contribution in [0.5, 0.6) is 0 Å². The molecule has 1 rings (SSSR count). The summed E-state index contributed by atoms with van der Waals surface area (Å²) in [6.45, 7) is 3.10. The molecule has 0 heterocycles. The minimum Gasteiger partial charge on any atom is -0.321 e. The molecule has 0 amide bonds. The topological polar surface area (TPSA) is 26.0 Å². The first-order valence-electron chi connectivity index (χ1n) is 3.81. The zero-order valence-corrected chi connectivity index (χ0v) is 8.55. The molecule has 0 spiro atoms. The minimum absolute atomic E-state index is 0. The van der Waals surface area contributed by atoms with Gasteiger partial charge in [-0.25, -0.2) is 22.0 Å². The number of hydrogen-bond acceptors (Lipinski definition) is 1. The molecule has 0 bridgehead atoms. The second kappa shape index (κ2) is 5.27. The summed E-state index contributed by atoms with van der Waals surface area (Å²) in [4.78, 5) is 0. The van der Waals surface area contributed by atoms with Crippen molar-refractivity contribution in [2.75, 3.05) is 0 Å². The third kappa shape index (κ3) is 2.17. The molecule has 0 aliphatic heterocycles. The molecule has 0 aliphatic rings. The first-order chi connectivity index (χ1) is 6.91. The standard InChI is InChI=1S/C9H6F5N.ClH/c1-2-3(15)4-5(10)7(12)9(14)8(13)6(4)11;/h2-3H,1,15H2;1H/t3-;/m0./s1. The molecule has 16 heavy (non-hydrogen) atoms. The summed E-state index contributed by atoms with van der Waals surface area (Å²) in [6.07, 6.45) is 0.873. The van der Waals surface area contributed by atoms with E-state index < -0.39 is 40.7 Å². The fourth-order valence-corrected chi connectivity index (χ4v) is 1.03. The smallest absolute Gasteiger partial charge is 0.200 e. The van der Waals surface area contributed by atoms with Crippen molar-refractivity contribution in [3.05, 3.63) is 47.3 Å². The van der Waals surface area contributed by atoms with Gasteiger partial charge in [0.25, 0.3) is 0 Å². The van der Waals surface area contributed by atoms with Crippen LogP contribution in [0.15, 0.2) is 12.7 Å². The van der Waals surface area contributed by atoms with E-state index in [2.05, 4.69) is 6.58 Å². The van der Waals surface area contributed by atoms with Crippen LogP contribution in [0.2, 0.25) is 0 Å². The van der Waals surface area contributed by atoms with Crippen LogP contribution in [-0.4, -0.2) is 0 Å². The normalized spacial score (nSPS) is 11.9. The molecule has 2 N–H and O–H groups in total. The lowest BCUT2D eigenvalue weighted by Crippen LogP contribution is -2.15. The molecule has 0 fully saturated rings. The zero-order valence-electron chi connectivity index (χ0n) is 7.74. The first kappa shape index (κ1) is 14.9. The van der Waals surface area contributed by atoms with Crippen LogP contribution in [0.25, 0.3) is 0 Å². The van der Waals surface area contributed by atoms with Crippen LogP contribution in [0, 0.1) is 29.1 Å². The molecule has 1 nitrogen and oxygen atoms in total. The van der Waals surface area contributed by atoms with E-state index in [-0.39, 0.29) is 12.4 Å². The van der Waals surface area contributed by atoms with Gasteiger partial charge in [-0.3, -0.25) is 0 Å². The van der Waals surface area contributed by atoms with Gasteiger partial charge in [0, 0.05) is 0 Å². The van der Waals surface area contributed by atoms with E-state index in [0.29, 0.717) is 0 Å². The highest BCUT2D eigenvalue weighted by molar-refractivity contribution is 5.85. The molecule has 0 saturated carbocycles. The summed E-state index contributed by atoms with van der Waals surface area (Å²) in [7, 11) is 0. The lowest BCUT2D eigenvalue weighted by Gasteiger charge is -2.11. The van der Waals surface area contributed by atoms with Crippen molar-refractivity contribution in [1.29, 1.82) is 0 Å². The molecule has 0 aliphatic carbocycles. The highest BCUT2D eigenvalue weighted by Gasteiger charge is 2.27. The molecule has 1 aromatic rings. The minimum atomic E-state index is -2.20. The molecular weight excluding hydrogens is 253 g/mol. The quantitative estimate of drug-likeness (QED) is 0.376. The van der Waals surface area contributed by atoms with Gasteiger partial charge in [0.2, 0.25) is 5.82 Å². The second-order valence-corrected chi connectivity index (χ2v) is 2.75. The molecule has 0 radical (unpaired) electrons. The molecule has 90 valence electrons. The van der Waals surface area contributed by atoms with Crippen molar-refractivity contribution in [2.45, 2.75) is 6.04 Å². The van der Waals surface area contributed by atoms with Crippen LogP contribution in [-0.2, 0) is 0 Å². The van der Waals surface area contributed by atoms with Crippen molar-refractivity contribution < 1.29 is 22.0 Å². The Kier molecular flexibility index (Phi) is 4.89. The van der Waals surface area contributed by atoms with Gasteiger partial charge in [0.15, 0.2) is 23.3 Å². The van der Waals surface area contributed by atoms with Gasteiger partial charge < -0.3 is 5.73 Å². The Bertz CT molecular complexity index is 392. The lowest BCUT2D eigenvalue weighted by molar-refractivity contribution is 0.367. The van der Waals surface area contributed by atoms with E-state index in [1.807, 2.05) is 0 Å². The highest BCUT2D eigenvalue weighted by Crippen LogP contribution is 2.26. The maximum atomic E-state index is 13.0. The van der Waals surface area contributed by atoms with E-state index in [1.165, 1.54) is 0 Å². The van der Waals surface area contributed by atoms with Crippen LogP contribution in [0.4, 0.5) is 22.0 Å². The third-order valence-electron chi connectivity index (χ3n) is 1.83. The fourth-order valence-electron chi connectivity index (χ4n) is 1.03. The Morgan fingerprint density at radius 3 is 1.50 bits per heavy atom. The van der Waals surface area contributed by atoms with E-state index in [1.54, 1.807) is 0 Å². The number of benzene rings is 1. The summed E-state index contributed by atoms with van der Waals surface area (Å²) in [6, 6.07) is -1.45. The fraction of sp³-hybridized carbons (Fsp3) is 0.111. The van der Waals surface area contributed by atoms with Crippen molar-refractivity contribution >= 4 is 12.4 Å². The summed E-state index contributed by atoms with van der Waals surface area (Å²) in [5.74, 6) is -10.1. The van der Waals surface area contributed by atoms with Gasteiger partial charge >= 0.3 is 0 Å². The molecule has 0 aromatic heterocycles. The SMILES string of the molecule is C=C[C@H](N)c1c(F)c(F)c(F)c(F)c1F.Cl.